The van der Waals surface area contributed by atoms with Crippen molar-refractivity contribution in [3.63, 3.8) is 0 Å². The maximum atomic E-state index is 10.5. The van der Waals surface area contributed by atoms with Gasteiger partial charge in [-0.25, -0.2) is 0 Å². The average Bonchev–Trinajstić information content (AvgIpc) is 3.19. The predicted octanol–water partition coefficient (Wildman–Crippen LogP) is 12.7. The first-order valence-corrected chi connectivity index (χ1v) is 21.9. The average molecular weight is 745 g/mol. The summed E-state index contributed by atoms with van der Waals surface area (Å²) in [5, 5.41) is 13.3. The molecule has 2 atom stereocenters. The van der Waals surface area contributed by atoms with Crippen LogP contribution in [0.4, 0.5) is 0 Å². The van der Waals surface area contributed by atoms with Crippen LogP contribution < -0.4 is 10.1 Å². The summed E-state index contributed by atoms with van der Waals surface area (Å²) in [5.41, 5.74) is 3.34. The van der Waals surface area contributed by atoms with Gasteiger partial charge in [-0.1, -0.05) is 182 Å². The van der Waals surface area contributed by atoms with Gasteiger partial charge in [-0.05, 0) is 61.1 Å². The minimum atomic E-state index is -1.97. The fourth-order valence-electron chi connectivity index (χ4n) is 7.18. The SMILES string of the molecule is CCCCCCCCCCCCCCCCC(CC#N)OP(O)OCCCCCCNC(Cc1ccc(OC)cc1)(c1ccccc1)c1ccccc1. The Kier molecular flexibility index (Phi) is 24.1. The van der Waals surface area contributed by atoms with Gasteiger partial charge >= 0.3 is 8.60 Å². The van der Waals surface area contributed by atoms with Gasteiger partial charge in [0, 0.05) is 0 Å². The van der Waals surface area contributed by atoms with E-state index in [2.05, 4.69) is 91.1 Å². The molecule has 292 valence electrons. The van der Waals surface area contributed by atoms with Crippen LogP contribution in [-0.4, -0.2) is 31.3 Å². The number of nitriles is 1. The van der Waals surface area contributed by atoms with Crippen LogP contribution in [0.3, 0.4) is 0 Å². The van der Waals surface area contributed by atoms with Crippen LogP contribution in [0.15, 0.2) is 84.9 Å². The Morgan fingerprint density at radius 2 is 1.19 bits per heavy atom. The number of nitrogens with zero attached hydrogens (tertiary/aromatic N) is 1. The number of hydrogen-bond acceptors (Lipinski definition) is 6. The van der Waals surface area contributed by atoms with Crippen molar-refractivity contribution < 1.29 is 18.7 Å². The van der Waals surface area contributed by atoms with E-state index >= 15 is 0 Å². The highest BCUT2D eigenvalue weighted by atomic mass is 31.2. The molecule has 3 aromatic rings. The van der Waals surface area contributed by atoms with E-state index in [-0.39, 0.29) is 11.6 Å². The van der Waals surface area contributed by atoms with Gasteiger partial charge in [0.05, 0.1) is 37.8 Å². The maximum Gasteiger partial charge on any atom is 0.330 e. The Bertz CT molecular complexity index is 1300. The molecule has 2 unspecified atom stereocenters. The monoisotopic (exact) mass is 744 g/mol. The Hall–Kier alpha value is -2.78. The minimum Gasteiger partial charge on any atom is -0.497 e. The summed E-state index contributed by atoms with van der Waals surface area (Å²) in [5.74, 6) is 0.859. The molecule has 0 aliphatic carbocycles. The lowest BCUT2D eigenvalue weighted by Crippen LogP contribution is -2.46. The molecular weight excluding hydrogens is 675 g/mol. The first-order chi connectivity index (χ1) is 26.1. The number of benzene rings is 3. The smallest absolute Gasteiger partial charge is 0.330 e. The molecule has 0 bridgehead atoms. The Morgan fingerprint density at radius 3 is 1.72 bits per heavy atom. The fourth-order valence-corrected chi connectivity index (χ4v) is 7.96. The van der Waals surface area contributed by atoms with Gasteiger partial charge in [0.25, 0.3) is 0 Å². The molecule has 0 spiro atoms. The second-order valence-corrected chi connectivity index (χ2v) is 15.5. The maximum absolute atomic E-state index is 10.5. The second kappa shape index (κ2) is 28.6. The third kappa shape index (κ3) is 18.4. The molecule has 3 rings (SSSR count). The molecule has 0 saturated heterocycles. The summed E-state index contributed by atoms with van der Waals surface area (Å²) in [6.07, 6.45) is 24.1. The number of nitrogens with one attached hydrogen (secondary N) is 1. The zero-order valence-electron chi connectivity index (χ0n) is 33.0. The van der Waals surface area contributed by atoms with Crippen LogP contribution in [0.25, 0.3) is 0 Å². The third-order valence-electron chi connectivity index (χ3n) is 10.3. The molecule has 3 aromatic carbocycles. The number of rotatable bonds is 32. The molecule has 0 saturated carbocycles. The topological polar surface area (TPSA) is 83.7 Å². The van der Waals surface area contributed by atoms with Crippen LogP contribution in [0.1, 0.15) is 152 Å². The largest absolute Gasteiger partial charge is 0.497 e. The molecule has 53 heavy (non-hydrogen) atoms. The van der Waals surface area contributed by atoms with Crippen molar-refractivity contribution in [3.05, 3.63) is 102 Å². The quantitative estimate of drug-likeness (QED) is 0.0489. The van der Waals surface area contributed by atoms with Gasteiger partial charge < -0.3 is 24.0 Å². The standard InChI is InChI=1S/C46H69N2O4P/c1-3-4-5-6-7-8-9-10-11-12-13-14-15-24-31-45(36-37-47)52-53(49)51-39-26-17-16-25-38-48-46(42-27-20-18-21-28-42,43-29-22-19-23-30-43)40-41-32-34-44(50-2)35-33-41/h18-23,27-30,32-35,45,48-49H,3-17,24-26,31,36,38-40H2,1-2H3. The highest BCUT2D eigenvalue weighted by Gasteiger charge is 2.34. The van der Waals surface area contributed by atoms with E-state index in [1.165, 1.54) is 93.7 Å². The molecule has 0 aliphatic heterocycles. The van der Waals surface area contributed by atoms with E-state index in [0.29, 0.717) is 13.0 Å². The van der Waals surface area contributed by atoms with Gasteiger partial charge in [0.2, 0.25) is 0 Å². The van der Waals surface area contributed by atoms with E-state index < -0.39 is 8.60 Å². The van der Waals surface area contributed by atoms with Crippen LogP contribution in [0.2, 0.25) is 0 Å². The molecule has 7 heteroatoms. The first kappa shape index (κ1) is 44.6. The lowest BCUT2D eigenvalue weighted by molar-refractivity contribution is 0.136. The van der Waals surface area contributed by atoms with Crippen LogP contribution >= 0.6 is 8.60 Å². The van der Waals surface area contributed by atoms with Crippen molar-refractivity contribution in [2.24, 2.45) is 0 Å². The molecule has 0 aromatic heterocycles. The number of hydrogen-bond donors (Lipinski definition) is 2. The highest BCUT2D eigenvalue weighted by Crippen LogP contribution is 2.37. The van der Waals surface area contributed by atoms with Crippen molar-refractivity contribution in [2.45, 2.75) is 153 Å². The highest BCUT2D eigenvalue weighted by molar-refractivity contribution is 7.40. The van der Waals surface area contributed by atoms with E-state index in [4.69, 9.17) is 13.8 Å². The summed E-state index contributed by atoms with van der Waals surface area (Å²) in [4.78, 5) is 10.5. The number of unbranched alkanes of at least 4 members (excludes halogenated alkanes) is 16. The van der Waals surface area contributed by atoms with Crippen LogP contribution in [0, 0.1) is 11.3 Å². The van der Waals surface area contributed by atoms with Gasteiger partial charge in [0.15, 0.2) is 0 Å². The summed E-state index contributed by atoms with van der Waals surface area (Å²) in [7, 11) is -0.267. The molecule has 0 aliphatic rings. The van der Waals surface area contributed by atoms with Gasteiger partial charge in [-0.15, -0.1) is 0 Å². The van der Waals surface area contributed by atoms with Crippen molar-refractivity contribution >= 4 is 8.60 Å². The molecule has 0 amide bonds. The van der Waals surface area contributed by atoms with E-state index in [1.54, 1.807) is 7.11 Å². The Morgan fingerprint density at radius 1 is 0.679 bits per heavy atom. The van der Waals surface area contributed by atoms with E-state index in [9.17, 15) is 10.2 Å². The van der Waals surface area contributed by atoms with Crippen LogP contribution in [0.5, 0.6) is 5.75 Å². The zero-order valence-corrected chi connectivity index (χ0v) is 33.9. The zero-order chi connectivity index (χ0) is 37.7. The van der Waals surface area contributed by atoms with Gasteiger partial charge in [-0.3, -0.25) is 0 Å². The fraction of sp³-hybridized carbons (Fsp3) is 0.587. The third-order valence-corrected chi connectivity index (χ3v) is 11.2. The summed E-state index contributed by atoms with van der Waals surface area (Å²) < 4.78 is 16.9. The molecule has 6 nitrogen and oxygen atoms in total. The van der Waals surface area contributed by atoms with Crippen molar-refractivity contribution in [1.82, 2.24) is 5.32 Å². The first-order valence-electron chi connectivity index (χ1n) is 20.8. The summed E-state index contributed by atoms with van der Waals surface area (Å²) >= 11 is 0. The van der Waals surface area contributed by atoms with E-state index in [1.807, 2.05) is 12.1 Å². The lowest BCUT2D eigenvalue weighted by Gasteiger charge is -2.37. The molecule has 0 radical (unpaired) electrons. The molecule has 2 N–H and O–H groups in total. The van der Waals surface area contributed by atoms with E-state index in [0.717, 1.165) is 63.7 Å². The van der Waals surface area contributed by atoms with Crippen molar-refractivity contribution in [3.8, 4) is 11.8 Å². The predicted molar refractivity (Wildman–Crippen MR) is 222 cm³/mol. The van der Waals surface area contributed by atoms with Gasteiger partial charge in [0.1, 0.15) is 5.75 Å². The van der Waals surface area contributed by atoms with Crippen molar-refractivity contribution in [2.75, 3.05) is 20.3 Å². The van der Waals surface area contributed by atoms with Gasteiger partial charge in [-0.2, -0.15) is 5.26 Å². The minimum absolute atomic E-state index is 0.257. The Labute approximate surface area is 324 Å². The lowest BCUT2D eigenvalue weighted by atomic mass is 9.78. The van der Waals surface area contributed by atoms with Crippen LogP contribution in [-0.2, 0) is 21.0 Å². The molecule has 0 heterocycles. The molecular formula is C46H69N2O4P. The normalized spacial score (nSPS) is 12.7. The number of ether oxygens (including phenoxy) is 1. The molecule has 0 fully saturated rings. The second-order valence-electron chi connectivity index (χ2n) is 14.5. The Balaban J connectivity index is 1.32. The summed E-state index contributed by atoms with van der Waals surface area (Å²) in [6, 6.07) is 32.1. The number of methoxy groups -OCH3 is 1. The summed E-state index contributed by atoms with van der Waals surface area (Å²) in [6.45, 7) is 3.60. The van der Waals surface area contributed by atoms with Crippen molar-refractivity contribution in [1.29, 1.82) is 5.26 Å².